The van der Waals surface area contributed by atoms with Crippen molar-refractivity contribution in [1.29, 1.82) is 0 Å². The standard InChI is InChI=1S/C11H22O3/c1-8(7-12)5-4-6-9(2)10(3)11(13)14/h8-10,12H,4-7H2,1-3H3,(H,13,14)/t8-,9+,10?/m0/s1. The maximum atomic E-state index is 10.7. The minimum atomic E-state index is -0.715. The summed E-state index contributed by atoms with van der Waals surface area (Å²) in [4.78, 5) is 10.7. The van der Waals surface area contributed by atoms with E-state index in [1.54, 1.807) is 6.92 Å². The summed E-state index contributed by atoms with van der Waals surface area (Å²) in [5, 5.41) is 17.6. The van der Waals surface area contributed by atoms with E-state index in [4.69, 9.17) is 10.2 Å². The van der Waals surface area contributed by atoms with Crippen LogP contribution in [0, 0.1) is 17.8 Å². The number of carboxylic acid groups (broad SMARTS) is 1. The topological polar surface area (TPSA) is 57.5 Å². The lowest BCUT2D eigenvalue weighted by atomic mass is 9.90. The molecule has 0 aliphatic rings. The fourth-order valence-electron chi connectivity index (χ4n) is 1.37. The molecule has 0 amide bonds. The Bertz CT molecular complexity index is 168. The summed E-state index contributed by atoms with van der Waals surface area (Å²) in [6.07, 6.45) is 2.91. The third-order valence-corrected chi connectivity index (χ3v) is 2.91. The molecular formula is C11H22O3. The fourth-order valence-corrected chi connectivity index (χ4v) is 1.37. The van der Waals surface area contributed by atoms with E-state index in [0.29, 0.717) is 5.92 Å². The number of hydrogen-bond acceptors (Lipinski definition) is 2. The predicted molar refractivity (Wildman–Crippen MR) is 56.1 cm³/mol. The zero-order chi connectivity index (χ0) is 11.1. The SMILES string of the molecule is CC(C(=O)O)[C@H](C)CCC[C@H](C)CO. The molecular weight excluding hydrogens is 180 g/mol. The minimum absolute atomic E-state index is 0.221. The van der Waals surface area contributed by atoms with Gasteiger partial charge in [-0.25, -0.2) is 0 Å². The molecule has 0 saturated carbocycles. The highest BCUT2D eigenvalue weighted by atomic mass is 16.4. The van der Waals surface area contributed by atoms with Gasteiger partial charge in [0.25, 0.3) is 0 Å². The number of carboxylic acids is 1. The van der Waals surface area contributed by atoms with Crippen molar-refractivity contribution in [2.75, 3.05) is 6.61 Å². The molecule has 0 aromatic heterocycles. The summed E-state index contributed by atoms with van der Waals surface area (Å²) >= 11 is 0. The van der Waals surface area contributed by atoms with E-state index >= 15 is 0 Å². The number of carbonyl (C=O) groups is 1. The predicted octanol–water partition coefficient (Wildman–Crippen LogP) is 2.14. The van der Waals surface area contributed by atoms with Gasteiger partial charge in [-0.3, -0.25) is 4.79 Å². The Morgan fingerprint density at radius 2 is 1.79 bits per heavy atom. The van der Waals surface area contributed by atoms with Crippen LogP contribution in [0.5, 0.6) is 0 Å². The lowest BCUT2D eigenvalue weighted by Gasteiger charge is -2.16. The van der Waals surface area contributed by atoms with Crippen LogP contribution < -0.4 is 0 Å². The van der Waals surface area contributed by atoms with E-state index in [-0.39, 0.29) is 18.4 Å². The molecule has 0 aliphatic carbocycles. The second-order valence-corrected chi connectivity index (χ2v) is 4.32. The van der Waals surface area contributed by atoms with Crippen molar-refractivity contribution in [2.45, 2.75) is 40.0 Å². The molecule has 14 heavy (non-hydrogen) atoms. The molecule has 3 nitrogen and oxygen atoms in total. The summed E-state index contributed by atoms with van der Waals surface area (Å²) < 4.78 is 0. The van der Waals surface area contributed by atoms with Crippen molar-refractivity contribution in [3.05, 3.63) is 0 Å². The number of aliphatic hydroxyl groups is 1. The highest BCUT2D eigenvalue weighted by Crippen LogP contribution is 2.19. The molecule has 0 fully saturated rings. The van der Waals surface area contributed by atoms with Crippen molar-refractivity contribution in [2.24, 2.45) is 17.8 Å². The van der Waals surface area contributed by atoms with Crippen LogP contribution in [0.15, 0.2) is 0 Å². The zero-order valence-electron chi connectivity index (χ0n) is 9.36. The molecule has 0 heterocycles. The molecule has 2 N–H and O–H groups in total. The lowest BCUT2D eigenvalue weighted by molar-refractivity contribution is -0.142. The maximum Gasteiger partial charge on any atom is 0.306 e. The second kappa shape index (κ2) is 6.82. The summed E-state index contributed by atoms with van der Waals surface area (Å²) in [6, 6.07) is 0. The van der Waals surface area contributed by atoms with Crippen LogP contribution in [0.25, 0.3) is 0 Å². The highest BCUT2D eigenvalue weighted by molar-refractivity contribution is 5.69. The van der Waals surface area contributed by atoms with Crippen molar-refractivity contribution in [1.82, 2.24) is 0 Å². The van der Waals surface area contributed by atoms with E-state index in [2.05, 4.69) is 0 Å². The Kier molecular flexibility index (Phi) is 6.54. The molecule has 0 bridgehead atoms. The largest absolute Gasteiger partial charge is 0.481 e. The first kappa shape index (κ1) is 13.4. The van der Waals surface area contributed by atoms with Crippen molar-refractivity contribution < 1.29 is 15.0 Å². The second-order valence-electron chi connectivity index (χ2n) is 4.32. The van der Waals surface area contributed by atoms with Crippen LogP contribution >= 0.6 is 0 Å². The van der Waals surface area contributed by atoms with Gasteiger partial charge in [-0.1, -0.05) is 27.2 Å². The normalized spacial score (nSPS) is 17.4. The molecule has 0 radical (unpaired) electrons. The van der Waals surface area contributed by atoms with Crippen molar-refractivity contribution in [3.63, 3.8) is 0 Å². The van der Waals surface area contributed by atoms with Crippen LogP contribution in [0.1, 0.15) is 40.0 Å². The average molecular weight is 202 g/mol. The first-order valence-electron chi connectivity index (χ1n) is 5.32. The number of aliphatic carboxylic acids is 1. The first-order chi connectivity index (χ1) is 6.49. The molecule has 0 saturated heterocycles. The Hall–Kier alpha value is -0.570. The first-order valence-corrected chi connectivity index (χ1v) is 5.32. The molecule has 0 spiro atoms. The Morgan fingerprint density at radius 1 is 1.21 bits per heavy atom. The van der Waals surface area contributed by atoms with Crippen molar-refractivity contribution >= 4 is 5.97 Å². The molecule has 0 rings (SSSR count). The van der Waals surface area contributed by atoms with E-state index in [1.807, 2.05) is 13.8 Å². The van der Waals surface area contributed by atoms with E-state index in [1.165, 1.54) is 0 Å². The van der Waals surface area contributed by atoms with Gasteiger partial charge in [0, 0.05) is 6.61 Å². The molecule has 84 valence electrons. The Labute approximate surface area is 86.1 Å². The monoisotopic (exact) mass is 202 g/mol. The molecule has 0 aromatic rings. The van der Waals surface area contributed by atoms with E-state index < -0.39 is 5.97 Å². The van der Waals surface area contributed by atoms with Gasteiger partial charge in [-0.15, -0.1) is 0 Å². The van der Waals surface area contributed by atoms with Crippen LogP contribution in [-0.2, 0) is 4.79 Å². The van der Waals surface area contributed by atoms with Gasteiger partial charge < -0.3 is 10.2 Å². The highest BCUT2D eigenvalue weighted by Gasteiger charge is 2.18. The summed E-state index contributed by atoms with van der Waals surface area (Å²) in [5.74, 6) is -0.423. The maximum absolute atomic E-state index is 10.7. The quantitative estimate of drug-likeness (QED) is 0.665. The fraction of sp³-hybridized carbons (Fsp3) is 0.909. The van der Waals surface area contributed by atoms with Gasteiger partial charge in [0.2, 0.25) is 0 Å². The minimum Gasteiger partial charge on any atom is -0.481 e. The smallest absolute Gasteiger partial charge is 0.306 e. The van der Waals surface area contributed by atoms with Gasteiger partial charge >= 0.3 is 5.97 Å². The van der Waals surface area contributed by atoms with Crippen LogP contribution in [0.2, 0.25) is 0 Å². The third kappa shape index (κ3) is 5.22. The number of hydrogen-bond donors (Lipinski definition) is 2. The zero-order valence-corrected chi connectivity index (χ0v) is 9.36. The molecule has 3 heteroatoms. The van der Waals surface area contributed by atoms with Gasteiger partial charge in [0.1, 0.15) is 0 Å². The molecule has 0 aliphatic heterocycles. The average Bonchev–Trinajstić information content (AvgIpc) is 2.15. The summed E-state index contributed by atoms with van der Waals surface area (Å²) in [7, 11) is 0. The molecule has 0 aromatic carbocycles. The van der Waals surface area contributed by atoms with Gasteiger partial charge in [0.05, 0.1) is 5.92 Å². The van der Waals surface area contributed by atoms with Gasteiger partial charge in [0.15, 0.2) is 0 Å². The Balaban J connectivity index is 3.63. The van der Waals surface area contributed by atoms with Crippen molar-refractivity contribution in [3.8, 4) is 0 Å². The number of aliphatic hydroxyl groups excluding tert-OH is 1. The molecule has 1 unspecified atom stereocenters. The summed E-state index contributed by atoms with van der Waals surface area (Å²) in [5.41, 5.74) is 0. The van der Waals surface area contributed by atoms with Crippen LogP contribution in [0.4, 0.5) is 0 Å². The van der Waals surface area contributed by atoms with Gasteiger partial charge in [-0.05, 0) is 24.7 Å². The molecule has 3 atom stereocenters. The van der Waals surface area contributed by atoms with E-state index in [0.717, 1.165) is 19.3 Å². The summed E-state index contributed by atoms with van der Waals surface area (Å²) in [6.45, 7) is 5.96. The van der Waals surface area contributed by atoms with Crippen LogP contribution in [-0.4, -0.2) is 22.8 Å². The van der Waals surface area contributed by atoms with Gasteiger partial charge in [-0.2, -0.15) is 0 Å². The van der Waals surface area contributed by atoms with E-state index in [9.17, 15) is 4.79 Å². The third-order valence-electron chi connectivity index (χ3n) is 2.91. The lowest BCUT2D eigenvalue weighted by Crippen LogP contribution is -2.18. The van der Waals surface area contributed by atoms with Crippen LogP contribution in [0.3, 0.4) is 0 Å². The number of rotatable bonds is 7. The Morgan fingerprint density at radius 3 is 2.21 bits per heavy atom.